The number of carbonyl (C=O) groups excluding carboxylic acids is 3. The van der Waals surface area contributed by atoms with Gasteiger partial charge in [0.1, 0.15) is 5.60 Å². The lowest BCUT2D eigenvalue weighted by atomic mass is 10.2. The molecule has 1 fully saturated rings. The third kappa shape index (κ3) is 7.45. The molecular weight excluding hydrogens is 298 g/mol. The Labute approximate surface area is 138 Å². The molecule has 7 heteroatoms. The lowest BCUT2D eigenvalue weighted by molar-refractivity contribution is -0.156. The van der Waals surface area contributed by atoms with Crippen LogP contribution in [0.4, 0.5) is 0 Å². The first-order chi connectivity index (χ1) is 10.6. The average Bonchev–Trinajstić information content (AvgIpc) is 2.43. The van der Waals surface area contributed by atoms with Gasteiger partial charge < -0.3 is 19.4 Å². The van der Waals surface area contributed by atoms with Crippen molar-refractivity contribution in [2.24, 2.45) is 0 Å². The second kappa shape index (κ2) is 8.29. The molecule has 0 unspecified atom stereocenters. The Kier molecular flexibility index (Phi) is 7.00. The molecule has 132 valence electrons. The highest BCUT2D eigenvalue weighted by atomic mass is 16.6. The second-order valence-corrected chi connectivity index (χ2v) is 7.02. The molecule has 1 aliphatic rings. The molecule has 7 nitrogen and oxygen atoms in total. The lowest BCUT2D eigenvalue weighted by Crippen LogP contribution is -2.50. The van der Waals surface area contributed by atoms with E-state index in [4.69, 9.17) is 4.74 Å². The Bertz CT molecular complexity index is 437. The first-order valence-electron chi connectivity index (χ1n) is 8.00. The Morgan fingerprint density at radius 2 is 1.61 bits per heavy atom. The molecule has 0 radical (unpaired) electrons. The van der Waals surface area contributed by atoms with E-state index >= 15 is 0 Å². The smallest absolute Gasteiger partial charge is 0.306 e. The predicted molar refractivity (Wildman–Crippen MR) is 86.8 cm³/mol. The zero-order valence-corrected chi connectivity index (χ0v) is 14.9. The van der Waals surface area contributed by atoms with E-state index < -0.39 is 11.6 Å². The molecule has 0 aromatic rings. The number of carbonyl (C=O) groups is 3. The fourth-order valence-electron chi connectivity index (χ4n) is 2.24. The normalized spacial score (nSPS) is 16.1. The van der Waals surface area contributed by atoms with Gasteiger partial charge in [0.05, 0.1) is 13.0 Å². The number of hydrogen-bond donors (Lipinski definition) is 0. The molecule has 0 saturated carbocycles. The van der Waals surface area contributed by atoms with E-state index in [1.54, 1.807) is 32.7 Å². The molecule has 0 aromatic heterocycles. The van der Waals surface area contributed by atoms with E-state index in [1.165, 1.54) is 4.90 Å². The minimum Gasteiger partial charge on any atom is -0.460 e. The molecule has 0 N–H and O–H groups in total. The van der Waals surface area contributed by atoms with Crippen LogP contribution in [0.15, 0.2) is 0 Å². The molecule has 23 heavy (non-hydrogen) atoms. The van der Waals surface area contributed by atoms with Crippen molar-refractivity contribution in [1.29, 1.82) is 0 Å². The summed E-state index contributed by atoms with van der Waals surface area (Å²) in [6, 6.07) is 0. The average molecular weight is 327 g/mol. The van der Waals surface area contributed by atoms with Crippen LogP contribution in [0.2, 0.25) is 0 Å². The molecule has 2 amide bonds. The maximum absolute atomic E-state index is 12.2. The number of likely N-dealkylation sites (N-methyl/N-ethyl adjacent to an activating group) is 2. The van der Waals surface area contributed by atoms with Gasteiger partial charge in [-0.25, -0.2) is 0 Å². The number of nitrogens with zero attached hydrogens (tertiary/aromatic N) is 3. The Balaban J connectivity index is 2.33. The van der Waals surface area contributed by atoms with E-state index in [0.717, 1.165) is 13.1 Å². The minimum atomic E-state index is -0.552. The van der Waals surface area contributed by atoms with Crippen LogP contribution in [0.25, 0.3) is 0 Å². The van der Waals surface area contributed by atoms with E-state index in [2.05, 4.69) is 4.90 Å². The standard InChI is InChI=1S/C16H29N3O4/c1-16(2,3)23-15(22)7-6-13(20)18(5)12-14(21)19-10-8-17(4)9-11-19/h6-12H2,1-5H3. The number of ether oxygens (including phenoxy) is 1. The van der Waals surface area contributed by atoms with Crippen molar-refractivity contribution < 1.29 is 19.1 Å². The highest BCUT2D eigenvalue weighted by Crippen LogP contribution is 2.10. The Morgan fingerprint density at radius 3 is 2.13 bits per heavy atom. The van der Waals surface area contributed by atoms with Crippen LogP contribution in [-0.4, -0.2) is 84.9 Å². The van der Waals surface area contributed by atoms with Crippen molar-refractivity contribution in [3.63, 3.8) is 0 Å². The number of esters is 1. The van der Waals surface area contributed by atoms with Crippen LogP contribution < -0.4 is 0 Å². The lowest BCUT2D eigenvalue weighted by Gasteiger charge is -2.33. The van der Waals surface area contributed by atoms with Crippen LogP contribution in [-0.2, 0) is 19.1 Å². The number of amides is 2. The van der Waals surface area contributed by atoms with Gasteiger partial charge in [-0.15, -0.1) is 0 Å². The summed E-state index contributed by atoms with van der Waals surface area (Å²) in [5.74, 6) is -0.672. The van der Waals surface area contributed by atoms with Gasteiger partial charge in [-0.05, 0) is 27.8 Å². The summed E-state index contributed by atoms with van der Waals surface area (Å²) in [6.45, 7) is 8.49. The van der Waals surface area contributed by atoms with Crippen molar-refractivity contribution in [2.75, 3.05) is 46.8 Å². The van der Waals surface area contributed by atoms with Crippen LogP contribution in [0.3, 0.4) is 0 Å². The monoisotopic (exact) mass is 327 g/mol. The first kappa shape index (κ1) is 19.4. The van der Waals surface area contributed by atoms with Crippen LogP contribution in [0, 0.1) is 0 Å². The van der Waals surface area contributed by atoms with Gasteiger partial charge in [-0.2, -0.15) is 0 Å². The summed E-state index contributed by atoms with van der Waals surface area (Å²) in [4.78, 5) is 41.1. The molecule has 1 rings (SSSR count). The summed E-state index contributed by atoms with van der Waals surface area (Å²) >= 11 is 0. The summed E-state index contributed by atoms with van der Waals surface area (Å²) in [5.41, 5.74) is -0.552. The third-order valence-corrected chi connectivity index (χ3v) is 3.62. The van der Waals surface area contributed by atoms with E-state index in [1.807, 2.05) is 7.05 Å². The molecule has 0 aromatic carbocycles. The second-order valence-electron chi connectivity index (χ2n) is 7.02. The molecule has 0 atom stereocenters. The van der Waals surface area contributed by atoms with Gasteiger partial charge in [0.15, 0.2) is 0 Å². The fraction of sp³-hybridized carbons (Fsp3) is 0.812. The maximum Gasteiger partial charge on any atom is 0.306 e. The highest BCUT2D eigenvalue weighted by molar-refractivity contribution is 5.86. The molecular formula is C16H29N3O4. The van der Waals surface area contributed by atoms with Gasteiger partial charge in [-0.1, -0.05) is 0 Å². The minimum absolute atomic E-state index is 0.0309. The van der Waals surface area contributed by atoms with Crippen molar-refractivity contribution >= 4 is 17.8 Å². The molecule has 0 bridgehead atoms. The SMILES string of the molecule is CN1CCN(C(=O)CN(C)C(=O)CCC(=O)OC(C)(C)C)CC1. The van der Waals surface area contributed by atoms with Crippen molar-refractivity contribution in [3.05, 3.63) is 0 Å². The molecule has 1 saturated heterocycles. The van der Waals surface area contributed by atoms with Gasteiger partial charge in [0.25, 0.3) is 0 Å². The zero-order chi connectivity index (χ0) is 17.6. The molecule has 1 heterocycles. The molecule has 1 aliphatic heterocycles. The fourth-order valence-corrected chi connectivity index (χ4v) is 2.24. The van der Waals surface area contributed by atoms with E-state index in [0.29, 0.717) is 13.1 Å². The van der Waals surface area contributed by atoms with Crippen LogP contribution in [0.5, 0.6) is 0 Å². The predicted octanol–water partition coefficient (Wildman–Crippen LogP) is 0.341. The van der Waals surface area contributed by atoms with Crippen LogP contribution in [0.1, 0.15) is 33.6 Å². The molecule has 0 spiro atoms. The topological polar surface area (TPSA) is 70.2 Å². The number of hydrogen-bond acceptors (Lipinski definition) is 5. The van der Waals surface area contributed by atoms with Crippen molar-refractivity contribution in [2.45, 2.75) is 39.2 Å². The van der Waals surface area contributed by atoms with Crippen molar-refractivity contribution in [3.8, 4) is 0 Å². The zero-order valence-electron chi connectivity index (χ0n) is 14.9. The number of rotatable bonds is 5. The maximum atomic E-state index is 12.2. The van der Waals surface area contributed by atoms with Gasteiger partial charge in [0, 0.05) is 39.6 Å². The number of piperazine rings is 1. The van der Waals surface area contributed by atoms with Gasteiger partial charge in [0.2, 0.25) is 11.8 Å². The Morgan fingerprint density at radius 1 is 1.04 bits per heavy atom. The first-order valence-corrected chi connectivity index (χ1v) is 8.00. The Hall–Kier alpha value is -1.63. The van der Waals surface area contributed by atoms with Gasteiger partial charge in [-0.3, -0.25) is 14.4 Å². The molecule has 0 aliphatic carbocycles. The van der Waals surface area contributed by atoms with Crippen molar-refractivity contribution in [1.82, 2.24) is 14.7 Å². The van der Waals surface area contributed by atoms with E-state index in [9.17, 15) is 14.4 Å². The van der Waals surface area contributed by atoms with E-state index in [-0.39, 0.29) is 31.2 Å². The largest absolute Gasteiger partial charge is 0.460 e. The van der Waals surface area contributed by atoms with Crippen LogP contribution >= 0.6 is 0 Å². The summed E-state index contributed by atoms with van der Waals surface area (Å²) in [5, 5.41) is 0. The highest BCUT2D eigenvalue weighted by Gasteiger charge is 2.23. The van der Waals surface area contributed by atoms with Gasteiger partial charge >= 0.3 is 5.97 Å². The summed E-state index contributed by atoms with van der Waals surface area (Å²) in [6.07, 6.45) is 0.0879. The third-order valence-electron chi connectivity index (χ3n) is 3.62. The summed E-state index contributed by atoms with van der Waals surface area (Å²) in [7, 11) is 3.61. The summed E-state index contributed by atoms with van der Waals surface area (Å²) < 4.78 is 5.16. The quantitative estimate of drug-likeness (QED) is 0.681.